The molecule has 0 N–H and O–H groups in total. The Hall–Kier alpha value is -0.300. The Morgan fingerprint density at radius 2 is 1.81 bits per heavy atom. The quantitative estimate of drug-likeness (QED) is 0.492. The lowest BCUT2D eigenvalue weighted by atomic mass is 9.45. The van der Waals surface area contributed by atoms with Crippen LogP contribution in [0.25, 0.3) is 0 Å². The fourth-order valence-corrected chi connectivity index (χ4v) is 10.1. The first-order valence-electron chi connectivity index (χ1n) is 12.0. The maximum Gasteiger partial charge on any atom is 0.0638 e. The van der Waals surface area contributed by atoms with E-state index in [9.17, 15) is 0 Å². The Morgan fingerprint density at radius 1 is 1.04 bits per heavy atom. The Labute approximate surface area is 167 Å². The van der Waals surface area contributed by atoms with Crippen LogP contribution in [0.4, 0.5) is 0 Å². The summed E-state index contributed by atoms with van der Waals surface area (Å²) in [7, 11) is 2.02. The highest BCUT2D eigenvalue weighted by molar-refractivity contribution is 5.26. The van der Waals surface area contributed by atoms with Gasteiger partial charge in [-0.25, -0.2) is 0 Å². The molecule has 0 aliphatic heterocycles. The fraction of sp³-hybridized carbons (Fsp3) is 0.923. The third-order valence-electron chi connectivity index (χ3n) is 11.1. The zero-order chi connectivity index (χ0) is 19.2. The van der Waals surface area contributed by atoms with Crippen LogP contribution >= 0.6 is 0 Å². The summed E-state index contributed by atoms with van der Waals surface area (Å²) in [6.07, 6.45) is 14.9. The predicted octanol–water partition coefficient (Wildman–Crippen LogP) is 6.87. The molecule has 5 saturated carbocycles. The van der Waals surface area contributed by atoms with Crippen LogP contribution in [-0.4, -0.2) is 13.2 Å². The molecule has 0 bridgehead atoms. The zero-order valence-electron chi connectivity index (χ0n) is 18.7. The summed E-state index contributed by atoms with van der Waals surface area (Å²) in [6, 6.07) is 0. The fourth-order valence-electron chi connectivity index (χ4n) is 10.1. The van der Waals surface area contributed by atoms with Gasteiger partial charge < -0.3 is 4.74 Å². The summed E-state index contributed by atoms with van der Waals surface area (Å²) >= 11 is 0. The minimum Gasteiger partial charge on any atom is -0.381 e. The van der Waals surface area contributed by atoms with Gasteiger partial charge in [0.05, 0.1) is 6.10 Å². The van der Waals surface area contributed by atoms with Crippen molar-refractivity contribution in [3.8, 4) is 0 Å². The molecule has 27 heavy (non-hydrogen) atoms. The molecule has 0 radical (unpaired) electrons. The largest absolute Gasteiger partial charge is 0.381 e. The topological polar surface area (TPSA) is 9.23 Å². The highest BCUT2D eigenvalue weighted by Gasteiger charge is 2.77. The van der Waals surface area contributed by atoms with Crippen molar-refractivity contribution in [3.63, 3.8) is 0 Å². The molecule has 5 rings (SSSR count). The average Bonchev–Trinajstić information content (AvgIpc) is 3.11. The molecule has 0 aromatic carbocycles. The number of ether oxygens (including phenoxy) is 1. The van der Waals surface area contributed by atoms with Crippen LogP contribution in [0.5, 0.6) is 0 Å². The number of methoxy groups -OCH3 is 1. The van der Waals surface area contributed by atoms with Crippen LogP contribution in [0.15, 0.2) is 11.6 Å². The first-order chi connectivity index (χ1) is 12.8. The zero-order valence-corrected chi connectivity index (χ0v) is 18.7. The lowest BCUT2D eigenvalue weighted by Crippen LogP contribution is -2.57. The monoisotopic (exact) mass is 370 g/mol. The van der Waals surface area contributed by atoms with Crippen molar-refractivity contribution < 1.29 is 4.74 Å². The summed E-state index contributed by atoms with van der Waals surface area (Å²) in [5.41, 5.74) is 3.21. The molecule has 1 heteroatoms. The first kappa shape index (κ1) is 18.7. The molecular formula is C26H42O. The van der Waals surface area contributed by atoms with E-state index >= 15 is 0 Å². The van der Waals surface area contributed by atoms with E-state index in [1.54, 1.807) is 0 Å². The van der Waals surface area contributed by atoms with Gasteiger partial charge in [-0.05, 0) is 112 Å². The second kappa shape index (κ2) is 5.87. The van der Waals surface area contributed by atoms with E-state index in [1.807, 2.05) is 7.11 Å². The van der Waals surface area contributed by atoms with E-state index in [0.29, 0.717) is 22.3 Å². The molecular weight excluding hydrogens is 328 g/mol. The summed E-state index contributed by atoms with van der Waals surface area (Å²) in [4.78, 5) is 0. The molecule has 5 aliphatic carbocycles. The van der Waals surface area contributed by atoms with E-state index in [-0.39, 0.29) is 0 Å². The van der Waals surface area contributed by atoms with Crippen molar-refractivity contribution in [2.24, 2.45) is 51.8 Å². The van der Waals surface area contributed by atoms with Gasteiger partial charge >= 0.3 is 0 Å². The first-order valence-corrected chi connectivity index (χ1v) is 12.0. The van der Waals surface area contributed by atoms with Gasteiger partial charge in [0, 0.05) is 12.5 Å². The Kier molecular flexibility index (Phi) is 4.07. The standard InChI is InChI=1S/C26H42O/c1-16(2)13-17(3)20-7-8-21-19-14-23(27-6)26-15-18(26)9-12-25(26,5)22(19)10-11-24(20,21)4/h13,17-23H,7-12,14-15H2,1-6H3/t17-,18-,19+,20-,21+,22+,23-,24-,25-,26+/m1/s1. The second-order valence-corrected chi connectivity index (χ2v) is 12.1. The molecule has 0 aromatic rings. The molecule has 0 amide bonds. The molecule has 0 heterocycles. The number of rotatable bonds is 3. The number of fused-ring (bicyclic) bond motifs is 4. The molecule has 0 unspecified atom stereocenters. The van der Waals surface area contributed by atoms with E-state index in [0.717, 1.165) is 35.5 Å². The van der Waals surface area contributed by atoms with Gasteiger partial charge in [-0.2, -0.15) is 0 Å². The summed E-state index contributed by atoms with van der Waals surface area (Å²) in [5, 5.41) is 0. The van der Waals surface area contributed by atoms with Gasteiger partial charge in [-0.1, -0.05) is 32.4 Å². The molecule has 0 saturated heterocycles. The van der Waals surface area contributed by atoms with Gasteiger partial charge in [-0.15, -0.1) is 0 Å². The van der Waals surface area contributed by atoms with Crippen LogP contribution in [0.1, 0.15) is 86.0 Å². The van der Waals surface area contributed by atoms with Crippen LogP contribution < -0.4 is 0 Å². The number of hydrogen-bond donors (Lipinski definition) is 0. The molecule has 1 spiro atoms. The van der Waals surface area contributed by atoms with E-state index in [1.165, 1.54) is 56.9 Å². The molecule has 0 aromatic heterocycles. The summed E-state index contributed by atoms with van der Waals surface area (Å²) in [5.74, 6) is 5.47. The average molecular weight is 371 g/mol. The SMILES string of the molecule is CO[C@@H]1C[C@H]2[C@@H]3CC[C@H]([C@H](C)C=C(C)C)[C@@]3(C)CC[C@@H]2[C@@]2(C)CC[C@@H]3C[C@]312. The van der Waals surface area contributed by atoms with Gasteiger partial charge in [-0.3, -0.25) is 0 Å². The van der Waals surface area contributed by atoms with Crippen LogP contribution in [0.3, 0.4) is 0 Å². The van der Waals surface area contributed by atoms with E-state index in [2.05, 4.69) is 40.7 Å². The van der Waals surface area contributed by atoms with Crippen molar-refractivity contribution in [2.45, 2.75) is 92.1 Å². The van der Waals surface area contributed by atoms with Gasteiger partial charge in [0.2, 0.25) is 0 Å². The highest BCUT2D eigenvalue weighted by Crippen LogP contribution is 2.82. The third-order valence-corrected chi connectivity index (χ3v) is 11.1. The summed E-state index contributed by atoms with van der Waals surface area (Å²) in [6.45, 7) is 12.4. The smallest absolute Gasteiger partial charge is 0.0638 e. The van der Waals surface area contributed by atoms with Crippen molar-refractivity contribution in [3.05, 3.63) is 11.6 Å². The molecule has 10 atom stereocenters. The van der Waals surface area contributed by atoms with E-state index < -0.39 is 0 Å². The summed E-state index contributed by atoms with van der Waals surface area (Å²) < 4.78 is 6.26. The maximum absolute atomic E-state index is 6.26. The van der Waals surface area contributed by atoms with Crippen LogP contribution in [-0.2, 0) is 4.74 Å². The Balaban J connectivity index is 1.47. The van der Waals surface area contributed by atoms with Crippen molar-refractivity contribution in [1.82, 2.24) is 0 Å². The molecule has 152 valence electrons. The minimum atomic E-state index is 0.549. The Bertz CT molecular complexity index is 647. The predicted molar refractivity (Wildman–Crippen MR) is 112 cm³/mol. The van der Waals surface area contributed by atoms with Crippen molar-refractivity contribution in [2.75, 3.05) is 7.11 Å². The normalized spacial score (nSPS) is 56.5. The molecule has 1 nitrogen and oxygen atoms in total. The van der Waals surface area contributed by atoms with Gasteiger partial charge in [0.25, 0.3) is 0 Å². The molecule has 5 aliphatic rings. The Morgan fingerprint density at radius 3 is 2.48 bits per heavy atom. The highest BCUT2D eigenvalue weighted by atomic mass is 16.5. The second-order valence-electron chi connectivity index (χ2n) is 12.1. The lowest BCUT2D eigenvalue weighted by Gasteiger charge is -2.61. The van der Waals surface area contributed by atoms with Crippen molar-refractivity contribution >= 4 is 0 Å². The van der Waals surface area contributed by atoms with Crippen LogP contribution in [0, 0.1) is 51.8 Å². The van der Waals surface area contributed by atoms with Crippen LogP contribution in [0.2, 0.25) is 0 Å². The minimum absolute atomic E-state index is 0.549. The number of allylic oxidation sites excluding steroid dienone is 2. The van der Waals surface area contributed by atoms with E-state index in [4.69, 9.17) is 4.74 Å². The van der Waals surface area contributed by atoms with Crippen molar-refractivity contribution in [1.29, 1.82) is 0 Å². The third kappa shape index (κ3) is 2.22. The molecule has 5 fully saturated rings. The van der Waals surface area contributed by atoms with Gasteiger partial charge in [0.15, 0.2) is 0 Å². The number of hydrogen-bond acceptors (Lipinski definition) is 1. The lowest BCUT2D eigenvalue weighted by molar-refractivity contribution is -0.160. The maximum atomic E-state index is 6.26. The van der Waals surface area contributed by atoms with Gasteiger partial charge in [0.1, 0.15) is 0 Å².